The van der Waals surface area contributed by atoms with E-state index in [0.717, 1.165) is 0 Å². The van der Waals surface area contributed by atoms with E-state index in [1.807, 2.05) is 0 Å². The first-order valence-corrected chi connectivity index (χ1v) is 19.0. The van der Waals surface area contributed by atoms with E-state index in [2.05, 4.69) is 72.7 Å². The average Bonchev–Trinajstić information content (AvgIpc) is 2.94. The minimum Gasteiger partial charge on any atom is -0.413 e. The Labute approximate surface area is 188 Å². The molecule has 0 bridgehead atoms. The first-order valence-electron chi connectivity index (χ1n) is 10.2. The van der Waals surface area contributed by atoms with Crippen LogP contribution in [-0.2, 0) is 18.8 Å². The van der Waals surface area contributed by atoms with Gasteiger partial charge in [-0.25, -0.2) is 14.1 Å². The van der Waals surface area contributed by atoms with Crippen LogP contribution in [-0.4, -0.2) is 49.6 Å². The minimum atomic E-state index is -3.55. The second kappa shape index (κ2) is 8.73. The molecule has 0 radical (unpaired) electrons. The normalized spacial score (nSPS) is 24.1. The third-order valence-electron chi connectivity index (χ3n) is 6.49. The zero-order valence-corrected chi connectivity index (χ0v) is 24.3. The van der Waals surface area contributed by atoms with Crippen LogP contribution in [0.4, 0.5) is 0 Å². The van der Waals surface area contributed by atoms with Crippen molar-refractivity contribution in [2.75, 3.05) is 13.2 Å². The standard InChI is InChI=1S/C19H43N3O4S2Si2/c1-17(2,3)29(8,9)25-12-15-16(28(20,21)24)27(14-22-15)19(7,23)13-26-30(10,11)18(4,5)6/h14,23,27H,12-13H2,1-11H3,(H3,20,21,24). The molecule has 11 heteroatoms. The van der Waals surface area contributed by atoms with Crippen LogP contribution in [0.1, 0.15) is 48.5 Å². The van der Waals surface area contributed by atoms with Crippen molar-refractivity contribution in [1.82, 2.24) is 0 Å². The van der Waals surface area contributed by atoms with E-state index < -0.39 is 42.4 Å². The van der Waals surface area contributed by atoms with Gasteiger partial charge in [-0.2, -0.15) is 0 Å². The number of aliphatic hydroxyl groups is 1. The van der Waals surface area contributed by atoms with Crippen molar-refractivity contribution in [3.8, 4) is 0 Å². The third-order valence-corrected chi connectivity index (χ3v) is 19.9. The molecule has 0 aromatic carbocycles. The zero-order valence-electron chi connectivity index (χ0n) is 20.5. The Morgan fingerprint density at radius 1 is 1.07 bits per heavy atom. The lowest BCUT2D eigenvalue weighted by Gasteiger charge is -2.41. The molecule has 1 aliphatic rings. The van der Waals surface area contributed by atoms with Gasteiger partial charge < -0.3 is 14.0 Å². The Balaban J connectivity index is 3.18. The van der Waals surface area contributed by atoms with Gasteiger partial charge in [0.25, 0.3) is 0 Å². The van der Waals surface area contributed by atoms with Crippen LogP contribution >= 0.6 is 10.9 Å². The van der Waals surface area contributed by atoms with E-state index in [4.69, 9.17) is 18.8 Å². The van der Waals surface area contributed by atoms with Gasteiger partial charge in [-0.15, -0.1) is 10.9 Å². The van der Waals surface area contributed by atoms with E-state index in [1.54, 1.807) is 12.5 Å². The maximum atomic E-state index is 12.7. The van der Waals surface area contributed by atoms with Crippen molar-refractivity contribution in [2.24, 2.45) is 10.1 Å². The molecular formula is C19H43N3O4S2Si2. The zero-order chi connectivity index (χ0) is 24.0. The Morgan fingerprint density at radius 2 is 1.50 bits per heavy atom. The SMILES string of the molecule is CC(O)(CO[Si](C)(C)C(C)(C)C)[SH]1C=NC(CO[Si](C)(C)C(C)(C)C)=C1S(=N)(N)=O. The number of hydrogen-bond acceptors (Lipinski definition) is 6. The van der Waals surface area contributed by atoms with Crippen molar-refractivity contribution >= 4 is 43.0 Å². The molecule has 0 saturated carbocycles. The lowest BCUT2D eigenvalue weighted by Crippen LogP contribution is -2.45. The van der Waals surface area contributed by atoms with Gasteiger partial charge in [0, 0.05) is 5.55 Å². The number of nitrogens with one attached hydrogen (secondary N) is 1. The summed E-state index contributed by atoms with van der Waals surface area (Å²) in [6.07, 6.45) is 0. The molecule has 0 aromatic rings. The first kappa shape index (κ1) is 28.0. The smallest absolute Gasteiger partial charge is 0.192 e. The van der Waals surface area contributed by atoms with Crippen LogP contribution < -0.4 is 5.14 Å². The Hall–Kier alpha value is -0.0162. The molecule has 0 fully saturated rings. The fourth-order valence-electron chi connectivity index (χ4n) is 2.21. The van der Waals surface area contributed by atoms with E-state index in [0.29, 0.717) is 5.70 Å². The highest BCUT2D eigenvalue weighted by Crippen LogP contribution is 2.52. The topological polar surface area (TPSA) is 118 Å². The van der Waals surface area contributed by atoms with E-state index in [9.17, 15) is 9.32 Å². The molecule has 3 atom stereocenters. The third kappa shape index (κ3) is 6.50. The molecule has 0 saturated heterocycles. The number of hydrogen-bond donors (Lipinski definition) is 4. The second-order valence-corrected chi connectivity index (χ2v) is 25.2. The lowest BCUT2D eigenvalue weighted by molar-refractivity contribution is 0.0849. The monoisotopic (exact) mass is 497 g/mol. The number of aliphatic imine (C=N–C) groups is 1. The van der Waals surface area contributed by atoms with Gasteiger partial charge in [0.2, 0.25) is 0 Å². The minimum absolute atomic E-state index is 0.00221. The summed E-state index contributed by atoms with van der Waals surface area (Å²) in [5.74, 6) is 0. The number of nitrogens with two attached hydrogens (primary N) is 1. The lowest BCUT2D eigenvalue weighted by atomic mass is 10.2. The highest BCUT2D eigenvalue weighted by Gasteiger charge is 2.44. The van der Waals surface area contributed by atoms with E-state index in [1.165, 1.54) is 0 Å². The van der Waals surface area contributed by atoms with E-state index >= 15 is 0 Å². The van der Waals surface area contributed by atoms with E-state index in [-0.39, 0.29) is 27.5 Å². The summed E-state index contributed by atoms with van der Waals surface area (Å²) in [6, 6.07) is 0. The van der Waals surface area contributed by atoms with Crippen molar-refractivity contribution in [2.45, 2.75) is 89.7 Å². The molecule has 3 unspecified atom stereocenters. The molecule has 7 nitrogen and oxygen atoms in total. The fraction of sp³-hybridized carbons (Fsp3) is 0.842. The molecule has 178 valence electrons. The Bertz CT molecular complexity index is 809. The van der Waals surface area contributed by atoms with Crippen LogP contribution in [0.5, 0.6) is 0 Å². The molecule has 4 N–H and O–H groups in total. The predicted octanol–water partition coefficient (Wildman–Crippen LogP) is 4.87. The van der Waals surface area contributed by atoms with Crippen molar-refractivity contribution in [3.05, 3.63) is 9.93 Å². The number of rotatable bonds is 8. The van der Waals surface area contributed by atoms with Gasteiger partial charge in [-0.1, -0.05) is 41.5 Å². The highest BCUT2D eigenvalue weighted by atomic mass is 32.3. The van der Waals surface area contributed by atoms with Crippen molar-refractivity contribution in [3.63, 3.8) is 0 Å². The van der Waals surface area contributed by atoms with Gasteiger partial charge in [0.05, 0.1) is 18.9 Å². The predicted molar refractivity (Wildman–Crippen MR) is 136 cm³/mol. The summed E-state index contributed by atoms with van der Waals surface area (Å²) in [7, 11) is -9.27. The van der Waals surface area contributed by atoms with Crippen LogP contribution in [0.25, 0.3) is 0 Å². The van der Waals surface area contributed by atoms with Gasteiger partial charge in [-0.3, -0.25) is 4.99 Å². The summed E-state index contributed by atoms with van der Waals surface area (Å²) in [6.45, 7) is 23.2. The van der Waals surface area contributed by atoms with Crippen molar-refractivity contribution in [1.29, 1.82) is 4.78 Å². The molecule has 1 heterocycles. The largest absolute Gasteiger partial charge is 0.413 e. The maximum Gasteiger partial charge on any atom is 0.192 e. The molecular weight excluding hydrogens is 455 g/mol. The van der Waals surface area contributed by atoms with Crippen molar-refractivity contribution < 1.29 is 18.2 Å². The van der Waals surface area contributed by atoms with Gasteiger partial charge >= 0.3 is 0 Å². The summed E-state index contributed by atoms with van der Waals surface area (Å²) in [5.41, 5.74) is 2.02. The average molecular weight is 498 g/mol. The fourth-order valence-corrected chi connectivity index (χ4v) is 8.34. The molecule has 0 aliphatic carbocycles. The second-order valence-electron chi connectivity index (χ2n) is 11.3. The van der Waals surface area contributed by atoms with Crippen LogP contribution in [0.15, 0.2) is 14.9 Å². The Morgan fingerprint density at radius 3 is 1.90 bits per heavy atom. The van der Waals surface area contributed by atoms with Gasteiger partial charge in [0.15, 0.2) is 16.6 Å². The maximum absolute atomic E-state index is 12.7. The van der Waals surface area contributed by atoms with Gasteiger partial charge in [0.1, 0.15) is 19.1 Å². The molecule has 1 aliphatic heterocycles. The van der Waals surface area contributed by atoms with Gasteiger partial charge in [-0.05, 0) is 43.2 Å². The summed E-state index contributed by atoms with van der Waals surface area (Å²) in [4.78, 5) is 3.08. The Kier molecular flexibility index (Phi) is 8.15. The molecule has 0 aromatic heterocycles. The first-order chi connectivity index (χ1) is 13.0. The highest BCUT2D eigenvalue weighted by molar-refractivity contribution is 8.39. The number of nitrogens with zero attached hydrogens (tertiary/aromatic N) is 1. The van der Waals surface area contributed by atoms with Crippen LogP contribution in [0.2, 0.25) is 36.3 Å². The van der Waals surface area contributed by atoms with Crippen LogP contribution in [0.3, 0.4) is 0 Å². The summed E-state index contributed by atoms with van der Waals surface area (Å²) in [5, 5.41) is 17.0. The van der Waals surface area contributed by atoms with Crippen LogP contribution in [0, 0.1) is 4.78 Å². The summed E-state index contributed by atoms with van der Waals surface area (Å²) >= 11 is 0. The number of thiol groups is 1. The summed E-state index contributed by atoms with van der Waals surface area (Å²) < 4.78 is 33.4. The molecule has 0 amide bonds. The molecule has 30 heavy (non-hydrogen) atoms. The quantitative estimate of drug-likeness (QED) is 0.282. The molecule has 1 rings (SSSR count). The molecule has 0 spiro atoms.